The molecule has 0 saturated carbocycles. The Morgan fingerprint density at radius 1 is 1.32 bits per heavy atom. The first-order valence-electron chi connectivity index (χ1n) is 7.39. The van der Waals surface area contributed by atoms with Gasteiger partial charge in [0.1, 0.15) is 5.82 Å². The van der Waals surface area contributed by atoms with E-state index in [0.717, 1.165) is 17.3 Å². The van der Waals surface area contributed by atoms with E-state index in [1.807, 2.05) is 13.0 Å². The minimum Gasteiger partial charge on any atom is -0.325 e. The minimum atomic E-state index is -0.385. The molecule has 128 valence electrons. The summed E-state index contributed by atoms with van der Waals surface area (Å²) in [6.07, 6.45) is 0. The summed E-state index contributed by atoms with van der Waals surface area (Å²) < 4.78 is 13.7. The van der Waals surface area contributed by atoms with Gasteiger partial charge in [0.25, 0.3) is 0 Å². The van der Waals surface area contributed by atoms with Gasteiger partial charge in [-0.15, -0.1) is 5.10 Å². The average Bonchev–Trinajstić information content (AvgIpc) is 3.05. The van der Waals surface area contributed by atoms with Crippen molar-refractivity contribution in [2.75, 3.05) is 11.1 Å². The smallest absolute Gasteiger partial charge is 0.234 e. The van der Waals surface area contributed by atoms with Gasteiger partial charge in [0, 0.05) is 10.7 Å². The SMILES string of the molecule is Cc1ccc(Cl)cc1NC(=O)CSc1n[nH]c(-c2ccccc2F)n1. The summed E-state index contributed by atoms with van der Waals surface area (Å²) >= 11 is 7.09. The van der Waals surface area contributed by atoms with Gasteiger partial charge in [-0.1, -0.05) is 41.6 Å². The third kappa shape index (κ3) is 4.37. The van der Waals surface area contributed by atoms with Gasteiger partial charge in [-0.25, -0.2) is 9.37 Å². The third-order valence-corrected chi connectivity index (χ3v) is 4.48. The first kappa shape index (κ1) is 17.4. The number of hydrogen-bond acceptors (Lipinski definition) is 4. The molecular formula is C17H14ClFN4OS. The molecule has 0 spiro atoms. The van der Waals surface area contributed by atoms with Crippen molar-refractivity contribution in [1.82, 2.24) is 15.2 Å². The number of rotatable bonds is 5. The molecule has 3 rings (SSSR count). The van der Waals surface area contributed by atoms with Crippen LogP contribution < -0.4 is 5.32 Å². The number of carbonyl (C=O) groups excluding carboxylic acids is 1. The Kier molecular flexibility index (Phi) is 5.35. The highest BCUT2D eigenvalue weighted by atomic mass is 35.5. The van der Waals surface area contributed by atoms with Crippen molar-refractivity contribution >= 4 is 35.0 Å². The first-order valence-corrected chi connectivity index (χ1v) is 8.75. The van der Waals surface area contributed by atoms with Crippen LogP contribution in [0.5, 0.6) is 0 Å². The van der Waals surface area contributed by atoms with E-state index in [2.05, 4.69) is 20.5 Å². The lowest BCUT2D eigenvalue weighted by Gasteiger charge is -2.07. The molecule has 2 N–H and O–H groups in total. The van der Waals surface area contributed by atoms with Crippen molar-refractivity contribution < 1.29 is 9.18 Å². The summed E-state index contributed by atoms with van der Waals surface area (Å²) in [6, 6.07) is 11.6. The van der Waals surface area contributed by atoms with Gasteiger partial charge < -0.3 is 5.32 Å². The van der Waals surface area contributed by atoms with E-state index in [9.17, 15) is 9.18 Å². The van der Waals surface area contributed by atoms with Crippen LogP contribution in [0.25, 0.3) is 11.4 Å². The summed E-state index contributed by atoms with van der Waals surface area (Å²) in [5.41, 5.74) is 1.92. The number of H-pyrrole nitrogens is 1. The minimum absolute atomic E-state index is 0.126. The van der Waals surface area contributed by atoms with Crippen LogP contribution in [0.3, 0.4) is 0 Å². The third-order valence-electron chi connectivity index (χ3n) is 3.40. The van der Waals surface area contributed by atoms with Crippen LogP contribution in [0.2, 0.25) is 5.02 Å². The number of aromatic amines is 1. The summed E-state index contributed by atoms with van der Waals surface area (Å²) in [5, 5.41) is 10.4. The average molecular weight is 377 g/mol. The molecule has 2 aromatic carbocycles. The number of amides is 1. The van der Waals surface area contributed by atoms with Gasteiger partial charge >= 0.3 is 0 Å². The van der Waals surface area contributed by atoms with Crippen molar-refractivity contribution in [3.63, 3.8) is 0 Å². The Hall–Kier alpha value is -2.38. The number of benzene rings is 2. The first-order chi connectivity index (χ1) is 12.0. The molecule has 0 saturated heterocycles. The number of carbonyl (C=O) groups is 1. The maximum absolute atomic E-state index is 13.7. The lowest BCUT2D eigenvalue weighted by atomic mass is 10.2. The molecule has 5 nitrogen and oxygen atoms in total. The van der Waals surface area contributed by atoms with Crippen molar-refractivity contribution in [2.24, 2.45) is 0 Å². The molecule has 8 heteroatoms. The van der Waals surface area contributed by atoms with E-state index < -0.39 is 0 Å². The van der Waals surface area contributed by atoms with Crippen LogP contribution in [0.1, 0.15) is 5.56 Å². The number of nitrogens with one attached hydrogen (secondary N) is 2. The van der Waals surface area contributed by atoms with E-state index in [-0.39, 0.29) is 17.5 Å². The van der Waals surface area contributed by atoms with Crippen LogP contribution in [0.15, 0.2) is 47.6 Å². The summed E-state index contributed by atoms with van der Waals surface area (Å²) in [4.78, 5) is 16.3. The fourth-order valence-electron chi connectivity index (χ4n) is 2.13. The molecule has 0 atom stereocenters. The van der Waals surface area contributed by atoms with Gasteiger partial charge in [-0.3, -0.25) is 9.89 Å². The molecule has 25 heavy (non-hydrogen) atoms. The van der Waals surface area contributed by atoms with E-state index in [1.54, 1.807) is 30.3 Å². The Morgan fingerprint density at radius 2 is 2.12 bits per heavy atom. The fraction of sp³-hybridized carbons (Fsp3) is 0.118. The number of aromatic nitrogens is 3. The molecule has 1 heterocycles. The topological polar surface area (TPSA) is 70.7 Å². The Bertz CT molecular complexity index is 915. The van der Waals surface area contributed by atoms with Crippen LogP contribution >= 0.6 is 23.4 Å². The second-order valence-electron chi connectivity index (χ2n) is 5.24. The lowest BCUT2D eigenvalue weighted by molar-refractivity contribution is -0.113. The standard InChI is InChI=1S/C17H14ClFN4OS/c1-10-6-7-11(18)8-14(10)20-15(24)9-25-17-21-16(22-23-17)12-4-2-3-5-13(12)19/h2-8H,9H2,1H3,(H,20,24)(H,21,22,23). The lowest BCUT2D eigenvalue weighted by Crippen LogP contribution is -2.14. The highest BCUT2D eigenvalue weighted by Gasteiger charge is 2.12. The molecule has 0 fully saturated rings. The summed E-state index contributed by atoms with van der Waals surface area (Å²) in [5.74, 6) is -0.135. The van der Waals surface area contributed by atoms with Crippen molar-refractivity contribution in [3.05, 3.63) is 58.9 Å². The molecule has 0 radical (unpaired) electrons. The zero-order valence-corrected chi connectivity index (χ0v) is 14.8. The van der Waals surface area contributed by atoms with Gasteiger partial charge in [0.15, 0.2) is 5.82 Å². The molecule has 0 aliphatic heterocycles. The quantitative estimate of drug-likeness (QED) is 0.651. The zero-order valence-electron chi connectivity index (χ0n) is 13.2. The van der Waals surface area contributed by atoms with Gasteiger partial charge in [-0.05, 0) is 36.8 Å². The van der Waals surface area contributed by atoms with Crippen LogP contribution in [-0.4, -0.2) is 26.8 Å². The fourth-order valence-corrected chi connectivity index (χ4v) is 2.90. The number of anilines is 1. The normalized spacial score (nSPS) is 10.7. The van der Waals surface area contributed by atoms with Crippen LogP contribution in [0.4, 0.5) is 10.1 Å². The number of aryl methyl sites for hydroxylation is 1. The van der Waals surface area contributed by atoms with E-state index >= 15 is 0 Å². The van der Waals surface area contributed by atoms with Crippen molar-refractivity contribution in [3.8, 4) is 11.4 Å². The van der Waals surface area contributed by atoms with Crippen molar-refractivity contribution in [2.45, 2.75) is 12.1 Å². The second-order valence-corrected chi connectivity index (χ2v) is 6.62. The van der Waals surface area contributed by atoms with Gasteiger partial charge in [0.05, 0.1) is 11.3 Å². The molecule has 0 aliphatic carbocycles. The van der Waals surface area contributed by atoms with E-state index in [1.165, 1.54) is 6.07 Å². The Morgan fingerprint density at radius 3 is 2.92 bits per heavy atom. The van der Waals surface area contributed by atoms with Crippen molar-refractivity contribution in [1.29, 1.82) is 0 Å². The summed E-state index contributed by atoms with van der Waals surface area (Å²) in [7, 11) is 0. The molecule has 1 amide bonds. The molecule has 3 aromatic rings. The zero-order chi connectivity index (χ0) is 17.8. The number of hydrogen-bond donors (Lipinski definition) is 2. The number of nitrogens with zero attached hydrogens (tertiary/aromatic N) is 2. The molecule has 0 bridgehead atoms. The van der Waals surface area contributed by atoms with E-state index in [0.29, 0.717) is 27.3 Å². The number of halogens is 2. The predicted octanol–water partition coefficient (Wildman–Crippen LogP) is 4.30. The van der Waals surface area contributed by atoms with E-state index in [4.69, 9.17) is 11.6 Å². The van der Waals surface area contributed by atoms with Crippen LogP contribution in [-0.2, 0) is 4.79 Å². The Labute approximate surface area is 153 Å². The second kappa shape index (κ2) is 7.67. The highest BCUT2D eigenvalue weighted by Crippen LogP contribution is 2.23. The Balaban J connectivity index is 1.61. The summed E-state index contributed by atoms with van der Waals surface area (Å²) in [6.45, 7) is 1.88. The predicted molar refractivity (Wildman–Crippen MR) is 97.3 cm³/mol. The van der Waals surface area contributed by atoms with Gasteiger partial charge in [0.2, 0.25) is 11.1 Å². The molecular weight excluding hydrogens is 363 g/mol. The molecule has 1 aromatic heterocycles. The molecule has 0 unspecified atom stereocenters. The highest BCUT2D eigenvalue weighted by molar-refractivity contribution is 7.99. The maximum Gasteiger partial charge on any atom is 0.234 e. The molecule has 0 aliphatic rings. The largest absolute Gasteiger partial charge is 0.325 e. The number of thioether (sulfide) groups is 1. The monoisotopic (exact) mass is 376 g/mol. The van der Waals surface area contributed by atoms with Gasteiger partial charge in [-0.2, -0.15) is 0 Å². The van der Waals surface area contributed by atoms with Crippen LogP contribution in [0, 0.1) is 12.7 Å². The maximum atomic E-state index is 13.7.